The average Bonchev–Trinajstić information content (AvgIpc) is 2.12. The lowest BCUT2D eigenvalue weighted by molar-refractivity contribution is 0.114. The van der Waals surface area contributed by atoms with Crippen LogP contribution in [0.4, 0.5) is 0 Å². The fraction of sp³-hybridized carbons (Fsp3) is 0.455. The summed E-state index contributed by atoms with van der Waals surface area (Å²) in [4.78, 5) is 0. The third-order valence-electron chi connectivity index (χ3n) is 1.91. The van der Waals surface area contributed by atoms with Gasteiger partial charge in [-0.2, -0.15) is 0 Å². The minimum Gasteiger partial charge on any atom is -0.491 e. The van der Waals surface area contributed by atoms with E-state index in [2.05, 4.69) is 6.07 Å². The maximum atomic E-state index is 9.21. The Hall–Kier alpha value is -1.06. The van der Waals surface area contributed by atoms with E-state index < -0.39 is 6.10 Å². The third kappa shape index (κ3) is 3.36. The van der Waals surface area contributed by atoms with E-state index in [1.54, 1.807) is 0 Å². The van der Waals surface area contributed by atoms with Crippen LogP contribution < -0.4 is 10.5 Å². The Kier molecular flexibility index (Phi) is 3.92. The zero-order valence-electron chi connectivity index (χ0n) is 8.66. The van der Waals surface area contributed by atoms with Crippen molar-refractivity contribution < 1.29 is 9.84 Å². The zero-order valence-corrected chi connectivity index (χ0v) is 8.66. The summed E-state index contributed by atoms with van der Waals surface area (Å²) in [5, 5.41) is 9.21. The maximum Gasteiger partial charge on any atom is 0.119 e. The van der Waals surface area contributed by atoms with Crippen molar-refractivity contribution in [1.29, 1.82) is 0 Å². The van der Waals surface area contributed by atoms with Gasteiger partial charge in [0.25, 0.3) is 0 Å². The van der Waals surface area contributed by atoms with E-state index in [9.17, 15) is 5.11 Å². The zero-order chi connectivity index (χ0) is 10.6. The molecule has 0 heterocycles. The molecule has 0 radical (unpaired) electrons. The summed E-state index contributed by atoms with van der Waals surface area (Å²) in [6.45, 7) is 4.50. The Morgan fingerprint density at radius 2 is 1.86 bits per heavy atom. The van der Waals surface area contributed by atoms with E-state index in [-0.39, 0.29) is 13.2 Å². The van der Waals surface area contributed by atoms with Gasteiger partial charge in [0, 0.05) is 6.54 Å². The number of aliphatic hydroxyl groups excluding tert-OH is 1. The fourth-order valence-electron chi connectivity index (χ4n) is 1.28. The summed E-state index contributed by atoms with van der Waals surface area (Å²) < 4.78 is 5.39. The maximum absolute atomic E-state index is 9.21. The smallest absolute Gasteiger partial charge is 0.119 e. The highest BCUT2D eigenvalue weighted by Crippen LogP contribution is 2.16. The molecule has 3 N–H and O–H groups in total. The highest BCUT2D eigenvalue weighted by molar-refractivity contribution is 5.32. The van der Waals surface area contributed by atoms with Gasteiger partial charge in [-0.3, -0.25) is 0 Å². The van der Waals surface area contributed by atoms with E-state index in [0.29, 0.717) is 0 Å². The van der Waals surface area contributed by atoms with E-state index in [0.717, 1.165) is 16.9 Å². The molecule has 78 valence electrons. The molecular formula is C11H17NO2. The highest BCUT2D eigenvalue weighted by atomic mass is 16.5. The van der Waals surface area contributed by atoms with E-state index >= 15 is 0 Å². The highest BCUT2D eigenvalue weighted by Gasteiger charge is 2.02. The van der Waals surface area contributed by atoms with Crippen molar-refractivity contribution in [2.24, 2.45) is 5.73 Å². The first-order chi connectivity index (χ1) is 6.61. The van der Waals surface area contributed by atoms with Crippen LogP contribution in [-0.2, 0) is 0 Å². The average molecular weight is 195 g/mol. The minimum absolute atomic E-state index is 0.227. The Morgan fingerprint density at radius 3 is 2.36 bits per heavy atom. The second-order valence-corrected chi connectivity index (χ2v) is 3.52. The summed E-state index contributed by atoms with van der Waals surface area (Å²) in [5.41, 5.74) is 7.58. The Labute approximate surface area is 84.5 Å². The van der Waals surface area contributed by atoms with Crippen LogP contribution in [0.25, 0.3) is 0 Å². The Bertz CT molecular complexity index is 279. The number of rotatable bonds is 4. The fourth-order valence-corrected chi connectivity index (χ4v) is 1.28. The number of hydrogen-bond acceptors (Lipinski definition) is 3. The Balaban J connectivity index is 2.58. The molecule has 3 heteroatoms. The summed E-state index contributed by atoms with van der Waals surface area (Å²) in [6, 6.07) is 5.96. The Morgan fingerprint density at radius 1 is 1.29 bits per heavy atom. The molecule has 0 aliphatic carbocycles. The van der Waals surface area contributed by atoms with Crippen LogP contribution in [0, 0.1) is 13.8 Å². The molecule has 1 atom stereocenters. The van der Waals surface area contributed by atoms with Crippen molar-refractivity contribution in [2.45, 2.75) is 20.0 Å². The molecule has 0 bridgehead atoms. The first-order valence-electron chi connectivity index (χ1n) is 4.71. The van der Waals surface area contributed by atoms with Gasteiger partial charge in [-0.1, -0.05) is 6.07 Å². The second kappa shape index (κ2) is 4.98. The molecule has 0 saturated heterocycles. The standard InChI is InChI=1S/C11H17NO2/c1-8-3-9(2)5-11(4-8)14-7-10(13)6-12/h3-5,10,13H,6-7,12H2,1-2H3. The number of hydrogen-bond donors (Lipinski definition) is 2. The minimum atomic E-state index is -0.587. The molecule has 1 aromatic carbocycles. The van der Waals surface area contributed by atoms with E-state index in [4.69, 9.17) is 10.5 Å². The van der Waals surface area contributed by atoms with Crippen molar-refractivity contribution in [3.8, 4) is 5.75 Å². The van der Waals surface area contributed by atoms with E-state index in [1.807, 2.05) is 26.0 Å². The predicted octanol–water partition coefficient (Wildman–Crippen LogP) is 1.00. The third-order valence-corrected chi connectivity index (χ3v) is 1.91. The molecule has 0 fully saturated rings. The van der Waals surface area contributed by atoms with Gasteiger partial charge in [0.05, 0.1) is 0 Å². The van der Waals surface area contributed by atoms with Crippen molar-refractivity contribution in [2.75, 3.05) is 13.2 Å². The summed E-state index contributed by atoms with van der Waals surface area (Å²) in [6.07, 6.45) is -0.587. The van der Waals surface area contributed by atoms with Gasteiger partial charge in [0.1, 0.15) is 18.5 Å². The largest absolute Gasteiger partial charge is 0.491 e. The predicted molar refractivity (Wildman–Crippen MR) is 56.5 cm³/mol. The number of aryl methyl sites for hydroxylation is 2. The van der Waals surface area contributed by atoms with Crippen LogP contribution >= 0.6 is 0 Å². The first kappa shape index (κ1) is 11.0. The molecule has 1 rings (SSSR count). The molecule has 0 aromatic heterocycles. The monoisotopic (exact) mass is 195 g/mol. The molecule has 0 aliphatic rings. The van der Waals surface area contributed by atoms with Crippen molar-refractivity contribution in [1.82, 2.24) is 0 Å². The van der Waals surface area contributed by atoms with Gasteiger partial charge in [-0.05, 0) is 37.1 Å². The molecule has 14 heavy (non-hydrogen) atoms. The van der Waals surface area contributed by atoms with Crippen molar-refractivity contribution in [3.05, 3.63) is 29.3 Å². The van der Waals surface area contributed by atoms with Crippen LogP contribution in [-0.4, -0.2) is 24.4 Å². The number of aliphatic hydroxyl groups is 1. The van der Waals surface area contributed by atoms with Gasteiger partial charge in [0.2, 0.25) is 0 Å². The first-order valence-corrected chi connectivity index (χ1v) is 4.71. The number of benzene rings is 1. The molecule has 1 aromatic rings. The van der Waals surface area contributed by atoms with Gasteiger partial charge in [0.15, 0.2) is 0 Å². The van der Waals surface area contributed by atoms with Gasteiger partial charge in [-0.25, -0.2) is 0 Å². The van der Waals surface area contributed by atoms with Gasteiger partial charge >= 0.3 is 0 Å². The quantitative estimate of drug-likeness (QED) is 0.753. The van der Waals surface area contributed by atoms with Crippen LogP contribution in [0.3, 0.4) is 0 Å². The van der Waals surface area contributed by atoms with Gasteiger partial charge in [-0.15, -0.1) is 0 Å². The lowest BCUT2D eigenvalue weighted by Crippen LogP contribution is -2.26. The van der Waals surface area contributed by atoms with Crippen molar-refractivity contribution in [3.63, 3.8) is 0 Å². The molecule has 3 nitrogen and oxygen atoms in total. The normalized spacial score (nSPS) is 12.6. The number of nitrogens with two attached hydrogens (primary N) is 1. The molecule has 0 amide bonds. The van der Waals surface area contributed by atoms with Gasteiger partial charge < -0.3 is 15.6 Å². The SMILES string of the molecule is Cc1cc(C)cc(OCC(O)CN)c1. The summed E-state index contributed by atoms with van der Waals surface area (Å²) in [7, 11) is 0. The van der Waals surface area contributed by atoms with Crippen LogP contribution in [0.1, 0.15) is 11.1 Å². The van der Waals surface area contributed by atoms with Crippen LogP contribution in [0.2, 0.25) is 0 Å². The number of ether oxygens (including phenoxy) is 1. The second-order valence-electron chi connectivity index (χ2n) is 3.52. The molecular weight excluding hydrogens is 178 g/mol. The van der Waals surface area contributed by atoms with E-state index in [1.165, 1.54) is 0 Å². The summed E-state index contributed by atoms with van der Waals surface area (Å²) >= 11 is 0. The summed E-state index contributed by atoms with van der Waals surface area (Å²) in [5.74, 6) is 0.787. The van der Waals surface area contributed by atoms with Crippen LogP contribution in [0.5, 0.6) is 5.75 Å². The lowest BCUT2D eigenvalue weighted by atomic mass is 10.1. The molecule has 0 aliphatic heterocycles. The van der Waals surface area contributed by atoms with Crippen molar-refractivity contribution >= 4 is 0 Å². The van der Waals surface area contributed by atoms with Crippen LogP contribution in [0.15, 0.2) is 18.2 Å². The molecule has 0 saturated carbocycles. The molecule has 1 unspecified atom stereocenters. The molecule has 0 spiro atoms. The topological polar surface area (TPSA) is 55.5 Å². The lowest BCUT2D eigenvalue weighted by Gasteiger charge is -2.11.